The lowest BCUT2D eigenvalue weighted by molar-refractivity contribution is 0.518. The monoisotopic (exact) mass is 404 g/mol. The topological polar surface area (TPSA) is 86.2 Å². The maximum absolute atomic E-state index is 12.1. The van der Waals surface area contributed by atoms with Gasteiger partial charge in [-0.2, -0.15) is 0 Å². The number of aromatic nitrogens is 1. The molecule has 0 radical (unpaired) electrons. The number of nitrogens with zero attached hydrogens (tertiary/aromatic N) is 1. The molecule has 1 aromatic heterocycles. The number of benzene rings is 3. The van der Waals surface area contributed by atoms with Crippen molar-refractivity contribution in [3.05, 3.63) is 95.9 Å². The van der Waals surface area contributed by atoms with Crippen LogP contribution in [-0.2, 0) is 16.4 Å². The van der Waals surface area contributed by atoms with Gasteiger partial charge in [-0.05, 0) is 24.6 Å². The minimum atomic E-state index is -3.92. The molecule has 0 saturated heterocycles. The van der Waals surface area contributed by atoms with Crippen molar-refractivity contribution >= 4 is 10.0 Å². The maximum Gasteiger partial charge on any atom is 0.238 e. The van der Waals surface area contributed by atoms with Crippen molar-refractivity contribution in [3.8, 4) is 22.6 Å². The van der Waals surface area contributed by atoms with Gasteiger partial charge in [-0.1, -0.05) is 72.3 Å². The van der Waals surface area contributed by atoms with Crippen LogP contribution in [-0.4, -0.2) is 13.4 Å². The molecule has 0 bridgehead atoms. The van der Waals surface area contributed by atoms with Crippen molar-refractivity contribution in [2.24, 2.45) is 5.14 Å². The summed E-state index contributed by atoms with van der Waals surface area (Å²) in [4.78, 5) is 4.71. The lowest BCUT2D eigenvalue weighted by Gasteiger charge is -2.07. The Morgan fingerprint density at radius 2 is 1.55 bits per heavy atom. The standard InChI is InChI=1S/C23H20N2O3S/c1-16-11-13-18(14-12-16)22-23(19-9-5-6-10-20(19)29(24,26)27)28-21(25-22)15-17-7-3-2-4-8-17/h2-14H,15H2,1H3,(H2,24,26,27). The van der Waals surface area contributed by atoms with Crippen LogP contribution >= 0.6 is 0 Å². The molecule has 29 heavy (non-hydrogen) atoms. The highest BCUT2D eigenvalue weighted by Gasteiger charge is 2.23. The Bertz CT molecular complexity index is 1250. The smallest absolute Gasteiger partial charge is 0.238 e. The maximum atomic E-state index is 12.1. The fourth-order valence-corrected chi connectivity index (χ4v) is 3.94. The van der Waals surface area contributed by atoms with Gasteiger partial charge >= 0.3 is 0 Å². The summed E-state index contributed by atoms with van der Waals surface area (Å²) in [6.07, 6.45) is 0.497. The first-order valence-electron chi connectivity index (χ1n) is 9.15. The Balaban J connectivity index is 1.89. The average molecular weight is 404 g/mol. The van der Waals surface area contributed by atoms with Crippen LogP contribution in [0, 0.1) is 6.92 Å². The van der Waals surface area contributed by atoms with E-state index >= 15 is 0 Å². The summed E-state index contributed by atoms with van der Waals surface area (Å²) in [5.41, 5.74) is 4.01. The summed E-state index contributed by atoms with van der Waals surface area (Å²) < 4.78 is 30.4. The van der Waals surface area contributed by atoms with Crippen LogP contribution in [0.25, 0.3) is 22.6 Å². The predicted molar refractivity (Wildman–Crippen MR) is 113 cm³/mol. The molecular weight excluding hydrogens is 384 g/mol. The molecule has 1 heterocycles. The second kappa shape index (κ2) is 7.66. The number of sulfonamides is 1. The first kappa shape index (κ1) is 19.1. The highest BCUT2D eigenvalue weighted by Crippen LogP contribution is 2.36. The summed E-state index contributed by atoms with van der Waals surface area (Å²) in [5, 5.41) is 5.44. The quantitative estimate of drug-likeness (QED) is 0.528. The summed E-state index contributed by atoms with van der Waals surface area (Å²) in [6.45, 7) is 2.00. The van der Waals surface area contributed by atoms with Gasteiger partial charge in [0, 0.05) is 17.5 Å². The minimum Gasteiger partial charge on any atom is -0.440 e. The Hall–Kier alpha value is -3.22. The molecule has 3 aromatic carbocycles. The van der Waals surface area contributed by atoms with E-state index in [0.29, 0.717) is 29.3 Å². The summed E-state index contributed by atoms with van der Waals surface area (Å²) >= 11 is 0. The molecule has 4 aromatic rings. The number of aryl methyl sites for hydroxylation is 1. The van der Waals surface area contributed by atoms with Gasteiger partial charge in [-0.25, -0.2) is 18.5 Å². The zero-order valence-electron chi connectivity index (χ0n) is 15.9. The fourth-order valence-electron chi connectivity index (χ4n) is 3.20. The molecule has 0 aliphatic heterocycles. The second-order valence-electron chi connectivity index (χ2n) is 6.85. The minimum absolute atomic E-state index is 0.00997. The van der Waals surface area contributed by atoms with Gasteiger partial charge in [0.05, 0.1) is 4.90 Å². The molecule has 146 valence electrons. The molecule has 0 fully saturated rings. The van der Waals surface area contributed by atoms with Crippen molar-refractivity contribution in [2.45, 2.75) is 18.2 Å². The van der Waals surface area contributed by atoms with Gasteiger partial charge in [-0.3, -0.25) is 0 Å². The van der Waals surface area contributed by atoms with Crippen molar-refractivity contribution in [2.75, 3.05) is 0 Å². The van der Waals surface area contributed by atoms with Gasteiger partial charge in [0.2, 0.25) is 10.0 Å². The van der Waals surface area contributed by atoms with Gasteiger partial charge in [0.15, 0.2) is 11.7 Å². The van der Waals surface area contributed by atoms with Gasteiger partial charge < -0.3 is 4.42 Å². The molecule has 0 amide bonds. The Morgan fingerprint density at radius 1 is 0.897 bits per heavy atom. The van der Waals surface area contributed by atoms with E-state index in [1.54, 1.807) is 18.2 Å². The number of hydrogen-bond acceptors (Lipinski definition) is 4. The summed E-state index contributed by atoms with van der Waals surface area (Å²) in [7, 11) is -3.92. The third-order valence-corrected chi connectivity index (χ3v) is 5.60. The molecule has 0 unspecified atom stereocenters. The number of rotatable bonds is 5. The van der Waals surface area contributed by atoms with Crippen molar-refractivity contribution in [1.82, 2.24) is 4.98 Å². The van der Waals surface area contributed by atoms with Crippen LogP contribution in [0.3, 0.4) is 0 Å². The molecule has 0 saturated carbocycles. The Morgan fingerprint density at radius 3 is 2.24 bits per heavy atom. The van der Waals surface area contributed by atoms with Crippen LogP contribution in [0.15, 0.2) is 88.2 Å². The van der Waals surface area contributed by atoms with E-state index in [2.05, 4.69) is 0 Å². The molecule has 5 nitrogen and oxygen atoms in total. The van der Waals surface area contributed by atoms with E-state index in [0.717, 1.165) is 16.7 Å². The predicted octanol–water partition coefficient (Wildman–Crippen LogP) is 4.56. The molecule has 0 spiro atoms. The van der Waals surface area contributed by atoms with E-state index in [1.165, 1.54) is 6.07 Å². The van der Waals surface area contributed by atoms with Gasteiger partial charge in [0.25, 0.3) is 0 Å². The third-order valence-electron chi connectivity index (χ3n) is 4.63. The highest BCUT2D eigenvalue weighted by molar-refractivity contribution is 7.89. The second-order valence-corrected chi connectivity index (χ2v) is 8.38. The first-order valence-corrected chi connectivity index (χ1v) is 10.7. The molecule has 0 aliphatic rings. The van der Waals surface area contributed by atoms with E-state index in [4.69, 9.17) is 14.5 Å². The molecule has 4 rings (SSSR count). The third kappa shape index (κ3) is 4.13. The Kier molecular flexibility index (Phi) is 5.05. The summed E-state index contributed by atoms with van der Waals surface area (Å²) in [5.74, 6) is 0.899. The van der Waals surface area contributed by atoms with Gasteiger partial charge in [-0.15, -0.1) is 0 Å². The van der Waals surface area contributed by atoms with Crippen LogP contribution in [0.5, 0.6) is 0 Å². The molecular formula is C23H20N2O3S. The zero-order chi connectivity index (χ0) is 20.4. The largest absolute Gasteiger partial charge is 0.440 e. The number of nitrogens with two attached hydrogens (primary N) is 1. The van der Waals surface area contributed by atoms with Crippen LogP contribution in [0.4, 0.5) is 0 Å². The zero-order valence-corrected chi connectivity index (χ0v) is 16.7. The average Bonchev–Trinajstić information content (AvgIpc) is 3.12. The molecule has 0 atom stereocenters. The van der Waals surface area contributed by atoms with E-state index in [-0.39, 0.29) is 4.90 Å². The van der Waals surface area contributed by atoms with Crippen molar-refractivity contribution < 1.29 is 12.8 Å². The first-order chi connectivity index (χ1) is 13.9. The van der Waals surface area contributed by atoms with Crippen molar-refractivity contribution in [3.63, 3.8) is 0 Å². The van der Waals surface area contributed by atoms with Crippen LogP contribution < -0.4 is 5.14 Å². The molecule has 0 aliphatic carbocycles. The highest BCUT2D eigenvalue weighted by atomic mass is 32.2. The molecule has 2 N–H and O–H groups in total. The van der Waals surface area contributed by atoms with E-state index < -0.39 is 10.0 Å². The lowest BCUT2D eigenvalue weighted by atomic mass is 10.0. The number of primary sulfonamides is 1. The van der Waals surface area contributed by atoms with E-state index in [1.807, 2.05) is 61.5 Å². The number of hydrogen-bond donors (Lipinski definition) is 1. The lowest BCUT2D eigenvalue weighted by Crippen LogP contribution is -2.13. The fraction of sp³-hybridized carbons (Fsp3) is 0.0870. The van der Waals surface area contributed by atoms with E-state index in [9.17, 15) is 8.42 Å². The van der Waals surface area contributed by atoms with Crippen LogP contribution in [0.1, 0.15) is 17.0 Å². The molecule has 6 heteroatoms. The van der Waals surface area contributed by atoms with Crippen LogP contribution in [0.2, 0.25) is 0 Å². The summed E-state index contributed by atoms with van der Waals surface area (Å²) in [6, 6.07) is 24.3. The number of oxazole rings is 1. The van der Waals surface area contributed by atoms with Crippen molar-refractivity contribution in [1.29, 1.82) is 0 Å². The SMILES string of the molecule is Cc1ccc(-c2nc(Cc3ccccc3)oc2-c2ccccc2S(N)(=O)=O)cc1. The normalized spacial score (nSPS) is 11.5. The van der Waals surface area contributed by atoms with Gasteiger partial charge in [0.1, 0.15) is 5.69 Å². The Labute approximate surface area is 169 Å².